The Morgan fingerprint density at radius 1 is 1.25 bits per heavy atom. The number of aromatic nitrogens is 2. The van der Waals surface area contributed by atoms with Gasteiger partial charge in [0.05, 0.1) is 12.3 Å². The van der Waals surface area contributed by atoms with E-state index in [1.807, 2.05) is 31.2 Å². The zero-order chi connectivity index (χ0) is 17.1. The van der Waals surface area contributed by atoms with Gasteiger partial charge in [0.15, 0.2) is 0 Å². The van der Waals surface area contributed by atoms with Crippen molar-refractivity contribution in [1.82, 2.24) is 15.1 Å². The third kappa shape index (κ3) is 3.61. The highest BCUT2D eigenvalue weighted by molar-refractivity contribution is 5.81. The predicted octanol–water partition coefficient (Wildman–Crippen LogP) is 2.23. The molecule has 1 aliphatic heterocycles. The van der Waals surface area contributed by atoms with Crippen LogP contribution in [0.25, 0.3) is 11.5 Å². The lowest BCUT2D eigenvalue weighted by atomic mass is 10.1. The van der Waals surface area contributed by atoms with E-state index >= 15 is 0 Å². The monoisotopic (exact) mass is 329 g/mol. The molecule has 1 aromatic carbocycles. The normalized spacial score (nSPS) is 17.2. The fraction of sp³-hybridized carbons (Fsp3) is 0.412. The topological polar surface area (TPSA) is 96.5 Å². The van der Waals surface area contributed by atoms with Gasteiger partial charge in [-0.1, -0.05) is 17.7 Å². The Kier molecular flexibility index (Phi) is 4.59. The Hall–Kier alpha value is -2.70. The molecule has 24 heavy (non-hydrogen) atoms. The summed E-state index contributed by atoms with van der Waals surface area (Å²) >= 11 is 0. The number of carbonyl (C=O) groups is 2. The lowest BCUT2D eigenvalue weighted by Gasteiger charge is -2.14. The lowest BCUT2D eigenvalue weighted by Crippen LogP contribution is -2.28. The lowest BCUT2D eigenvalue weighted by molar-refractivity contribution is -0.140. The minimum absolute atomic E-state index is 0.00507. The maximum absolute atomic E-state index is 12.0. The zero-order valence-electron chi connectivity index (χ0n) is 13.4. The van der Waals surface area contributed by atoms with Crippen LogP contribution in [-0.4, -0.2) is 45.2 Å². The number of amides is 1. The molecule has 0 spiro atoms. The molecule has 0 saturated carbocycles. The molecule has 1 saturated heterocycles. The molecule has 7 nitrogen and oxygen atoms in total. The van der Waals surface area contributed by atoms with E-state index in [0.29, 0.717) is 24.9 Å². The van der Waals surface area contributed by atoms with E-state index in [2.05, 4.69) is 10.2 Å². The number of carbonyl (C=O) groups excluding carboxylic acids is 1. The highest BCUT2D eigenvalue weighted by Crippen LogP contribution is 2.29. The third-order valence-corrected chi connectivity index (χ3v) is 4.18. The summed E-state index contributed by atoms with van der Waals surface area (Å²) in [6.07, 6.45) is 0.632. The number of benzene rings is 1. The minimum Gasteiger partial charge on any atom is -0.481 e. The summed E-state index contributed by atoms with van der Waals surface area (Å²) in [6.45, 7) is 3.09. The van der Waals surface area contributed by atoms with Gasteiger partial charge in [-0.2, -0.15) is 0 Å². The SMILES string of the molecule is Cc1ccc(-c2nnc(C3CCN(C(=O)CCC(=O)O)C3)o2)cc1. The minimum atomic E-state index is -0.960. The molecule has 1 unspecified atom stereocenters. The summed E-state index contributed by atoms with van der Waals surface area (Å²) in [7, 11) is 0. The highest BCUT2D eigenvalue weighted by atomic mass is 16.4. The van der Waals surface area contributed by atoms with Gasteiger partial charge in [0.2, 0.25) is 17.7 Å². The summed E-state index contributed by atoms with van der Waals surface area (Å²) in [5.41, 5.74) is 2.02. The van der Waals surface area contributed by atoms with Crippen molar-refractivity contribution >= 4 is 11.9 Å². The molecule has 7 heteroatoms. The molecule has 2 heterocycles. The number of hydrogen-bond acceptors (Lipinski definition) is 5. The van der Waals surface area contributed by atoms with Crippen LogP contribution >= 0.6 is 0 Å². The van der Waals surface area contributed by atoms with Crippen LogP contribution in [0.2, 0.25) is 0 Å². The van der Waals surface area contributed by atoms with Crippen LogP contribution in [0.15, 0.2) is 28.7 Å². The molecule has 126 valence electrons. The van der Waals surface area contributed by atoms with Crippen molar-refractivity contribution < 1.29 is 19.1 Å². The fourth-order valence-electron chi connectivity index (χ4n) is 2.77. The third-order valence-electron chi connectivity index (χ3n) is 4.18. The molecule has 1 amide bonds. The smallest absolute Gasteiger partial charge is 0.303 e. The molecule has 0 radical (unpaired) electrons. The van der Waals surface area contributed by atoms with E-state index in [-0.39, 0.29) is 24.7 Å². The van der Waals surface area contributed by atoms with Crippen LogP contribution in [0.3, 0.4) is 0 Å². The number of likely N-dealkylation sites (tertiary alicyclic amines) is 1. The van der Waals surface area contributed by atoms with E-state index in [0.717, 1.165) is 17.5 Å². The van der Waals surface area contributed by atoms with Crippen LogP contribution in [0, 0.1) is 6.92 Å². The Morgan fingerprint density at radius 3 is 2.71 bits per heavy atom. The number of rotatable bonds is 5. The number of aliphatic carboxylic acids is 1. The first-order valence-corrected chi connectivity index (χ1v) is 7.93. The van der Waals surface area contributed by atoms with E-state index in [4.69, 9.17) is 9.52 Å². The summed E-state index contributed by atoms with van der Waals surface area (Å²) in [5.74, 6) is -0.0952. The molecule has 3 rings (SSSR count). The van der Waals surface area contributed by atoms with Crippen molar-refractivity contribution in [3.05, 3.63) is 35.7 Å². The summed E-state index contributed by atoms with van der Waals surface area (Å²) in [5, 5.41) is 16.9. The average molecular weight is 329 g/mol. The number of carboxylic acids is 1. The van der Waals surface area contributed by atoms with Crippen LogP contribution in [0.1, 0.15) is 36.6 Å². The van der Waals surface area contributed by atoms with Crippen molar-refractivity contribution in [1.29, 1.82) is 0 Å². The molecule has 1 atom stereocenters. The zero-order valence-corrected chi connectivity index (χ0v) is 13.4. The Bertz CT molecular complexity index is 739. The standard InChI is InChI=1S/C17H19N3O4/c1-11-2-4-12(5-3-11)16-18-19-17(24-16)13-8-9-20(10-13)14(21)6-7-15(22)23/h2-5,13H,6-10H2,1H3,(H,22,23). The first-order valence-electron chi connectivity index (χ1n) is 7.93. The van der Waals surface area contributed by atoms with Crippen molar-refractivity contribution in [2.75, 3.05) is 13.1 Å². The van der Waals surface area contributed by atoms with E-state index in [1.54, 1.807) is 4.90 Å². The number of aryl methyl sites for hydroxylation is 1. The molecule has 2 aromatic rings. The van der Waals surface area contributed by atoms with Crippen molar-refractivity contribution in [3.63, 3.8) is 0 Å². The van der Waals surface area contributed by atoms with Gasteiger partial charge in [-0.05, 0) is 25.5 Å². The fourth-order valence-corrected chi connectivity index (χ4v) is 2.77. The van der Waals surface area contributed by atoms with Crippen molar-refractivity contribution in [2.24, 2.45) is 0 Å². The van der Waals surface area contributed by atoms with E-state index in [1.165, 1.54) is 0 Å². The molecule has 0 bridgehead atoms. The van der Waals surface area contributed by atoms with Gasteiger partial charge in [-0.15, -0.1) is 10.2 Å². The van der Waals surface area contributed by atoms with E-state index < -0.39 is 5.97 Å². The van der Waals surface area contributed by atoms with Gasteiger partial charge in [0.25, 0.3) is 0 Å². The quantitative estimate of drug-likeness (QED) is 0.903. The Labute approximate surface area is 139 Å². The maximum Gasteiger partial charge on any atom is 0.303 e. The molecular weight excluding hydrogens is 310 g/mol. The summed E-state index contributed by atoms with van der Waals surface area (Å²) < 4.78 is 5.77. The van der Waals surface area contributed by atoms with Crippen LogP contribution < -0.4 is 0 Å². The van der Waals surface area contributed by atoms with Gasteiger partial charge in [0.1, 0.15) is 0 Å². The molecule has 0 aliphatic carbocycles. The van der Waals surface area contributed by atoms with Gasteiger partial charge in [-0.3, -0.25) is 9.59 Å². The number of nitrogens with zero attached hydrogens (tertiary/aromatic N) is 3. The van der Waals surface area contributed by atoms with Crippen molar-refractivity contribution in [2.45, 2.75) is 32.1 Å². The van der Waals surface area contributed by atoms with Gasteiger partial charge in [-0.25, -0.2) is 0 Å². The molecule has 1 fully saturated rings. The van der Waals surface area contributed by atoms with E-state index in [9.17, 15) is 9.59 Å². The summed E-state index contributed by atoms with van der Waals surface area (Å²) in [4.78, 5) is 24.2. The second kappa shape index (κ2) is 6.82. The van der Waals surface area contributed by atoms with Crippen LogP contribution in [0.5, 0.6) is 0 Å². The second-order valence-corrected chi connectivity index (χ2v) is 6.03. The number of hydrogen-bond donors (Lipinski definition) is 1. The Balaban J connectivity index is 1.63. The molecule has 1 N–H and O–H groups in total. The van der Waals surface area contributed by atoms with Crippen LogP contribution in [0.4, 0.5) is 0 Å². The van der Waals surface area contributed by atoms with Gasteiger partial charge >= 0.3 is 5.97 Å². The first-order chi connectivity index (χ1) is 11.5. The molecule has 1 aliphatic rings. The largest absolute Gasteiger partial charge is 0.481 e. The Morgan fingerprint density at radius 2 is 2.00 bits per heavy atom. The van der Waals surface area contributed by atoms with Gasteiger partial charge < -0.3 is 14.4 Å². The summed E-state index contributed by atoms with van der Waals surface area (Å²) in [6, 6.07) is 7.83. The first kappa shape index (κ1) is 16.2. The number of carboxylic acid groups (broad SMARTS) is 1. The van der Waals surface area contributed by atoms with Gasteiger partial charge in [0, 0.05) is 25.1 Å². The molecule has 1 aromatic heterocycles. The maximum atomic E-state index is 12.0. The molecular formula is C17H19N3O4. The second-order valence-electron chi connectivity index (χ2n) is 6.03. The van der Waals surface area contributed by atoms with Crippen molar-refractivity contribution in [3.8, 4) is 11.5 Å². The average Bonchev–Trinajstić information content (AvgIpc) is 3.22. The highest BCUT2D eigenvalue weighted by Gasteiger charge is 2.31. The predicted molar refractivity (Wildman–Crippen MR) is 85.3 cm³/mol. The van der Waals surface area contributed by atoms with Crippen LogP contribution in [-0.2, 0) is 9.59 Å².